The van der Waals surface area contributed by atoms with Crippen LogP contribution in [-0.4, -0.2) is 25.9 Å². The van der Waals surface area contributed by atoms with E-state index in [2.05, 4.69) is 17.2 Å². The highest BCUT2D eigenvalue weighted by Gasteiger charge is 2.16. The number of rotatable bonds is 4. The van der Waals surface area contributed by atoms with Gasteiger partial charge in [-0.1, -0.05) is 11.8 Å². The second-order valence-electron chi connectivity index (χ2n) is 4.89. The number of methoxy groups -OCH3 is 1. The van der Waals surface area contributed by atoms with Crippen LogP contribution in [0.5, 0.6) is 0 Å². The van der Waals surface area contributed by atoms with Crippen LogP contribution < -0.4 is 5.32 Å². The molecule has 0 aliphatic heterocycles. The van der Waals surface area contributed by atoms with E-state index in [0.29, 0.717) is 10.6 Å². The van der Waals surface area contributed by atoms with Crippen molar-refractivity contribution in [1.29, 1.82) is 0 Å². The van der Waals surface area contributed by atoms with Crippen molar-refractivity contribution in [2.45, 2.75) is 20.8 Å². The van der Waals surface area contributed by atoms with Crippen molar-refractivity contribution in [1.82, 2.24) is 0 Å². The fraction of sp³-hybridized carbons (Fsp3) is 0.429. The average Bonchev–Trinajstić information content (AvgIpc) is 2.75. The number of thiophene rings is 1. The van der Waals surface area contributed by atoms with Gasteiger partial charge in [-0.25, -0.2) is 4.79 Å². The molecule has 0 aliphatic rings. The molecule has 1 N–H and O–H groups in total. The summed E-state index contributed by atoms with van der Waals surface area (Å²) in [7, 11) is 1.33. The van der Waals surface area contributed by atoms with Crippen molar-refractivity contribution < 1.29 is 14.3 Å². The number of aldehydes is 1. The summed E-state index contributed by atoms with van der Waals surface area (Å²) in [6, 6.07) is 1.76. The maximum absolute atomic E-state index is 11.6. The van der Waals surface area contributed by atoms with Crippen LogP contribution in [-0.2, 0) is 9.53 Å². The molecule has 102 valence electrons. The van der Waals surface area contributed by atoms with Crippen molar-refractivity contribution in [3.63, 3.8) is 0 Å². The number of nitrogens with one attached hydrogen (secondary N) is 1. The van der Waals surface area contributed by atoms with Crippen LogP contribution in [0.25, 0.3) is 0 Å². The zero-order valence-electron chi connectivity index (χ0n) is 11.5. The maximum atomic E-state index is 11.6. The topological polar surface area (TPSA) is 55.4 Å². The van der Waals surface area contributed by atoms with Gasteiger partial charge in [0.05, 0.1) is 24.2 Å². The first-order valence-corrected chi connectivity index (χ1v) is 6.62. The third-order valence-electron chi connectivity index (χ3n) is 2.04. The van der Waals surface area contributed by atoms with Crippen LogP contribution in [0.3, 0.4) is 0 Å². The van der Waals surface area contributed by atoms with E-state index in [9.17, 15) is 9.59 Å². The summed E-state index contributed by atoms with van der Waals surface area (Å²) in [5, 5.41) is 2.87. The largest absolute Gasteiger partial charge is 0.465 e. The molecule has 0 spiro atoms. The number of hydrogen-bond acceptors (Lipinski definition) is 5. The number of carbonyl (C=O) groups is 2. The summed E-state index contributed by atoms with van der Waals surface area (Å²) in [5.41, 5.74) is 0.480. The van der Waals surface area contributed by atoms with Crippen LogP contribution in [0, 0.1) is 17.3 Å². The minimum atomic E-state index is -0.429. The van der Waals surface area contributed by atoms with E-state index in [-0.39, 0.29) is 12.0 Å². The lowest BCUT2D eigenvalue weighted by Crippen LogP contribution is -2.06. The normalized spacial score (nSPS) is 10.3. The van der Waals surface area contributed by atoms with Crippen molar-refractivity contribution in [3.05, 3.63) is 15.8 Å². The predicted octanol–water partition coefficient (Wildman–Crippen LogP) is 2.54. The van der Waals surface area contributed by atoms with Gasteiger partial charge in [0, 0.05) is 5.41 Å². The van der Waals surface area contributed by atoms with E-state index in [0.717, 1.165) is 11.2 Å². The molecule has 4 nitrogen and oxygen atoms in total. The zero-order chi connectivity index (χ0) is 14.5. The highest BCUT2D eigenvalue weighted by atomic mass is 32.1. The van der Waals surface area contributed by atoms with Crippen molar-refractivity contribution in [2.75, 3.05) is 19.0 Å². The van der Waals surface area contributed by atoms with Crippen molar-refractivity contribution in [3.8, 4) is 11.8 Å². The molecular weight excluding hydrogens is 262 g/mol. The molecule has 0 atom stereocenters. The van der Waals surface area contributed by atoms with Gasteiger partial charge in [0.15, 0.2) is 0 Å². The molecule has 0 saturated heterocycles. The Bertz CT molecular complexity index is 529. The van der Waals surface area contributed by atoms with E-state index in [1.165, 1.54) is 18.4 Å². The average molecular weight is 279 g/mol. The van der Waals surface area contributed by atoms with E-state index < -0.39 is 5.97 Å². The first kappa shape index (κ1) is 15.3. The van der Waals surface area contributed by atoms with Gasteiger partial charge < -0.3 is 14.8 Å². The number of ether oxygens (including phenoxy) is 1. The molecule has 19 heavy (non-hydrogen) atoms. The zero-order valence-corrected chi connectivity index (χ0v) is 12.3. The van der Waals surface area contributed by atoms with Gasteiger partial charge in [-0.3, -0.25) is 0 Å². The lowest BCUT2D eigenvalue weighted by Gasteiger charge is -2.06. The Labute approximate surface area is 117 Å². The predicted molar refractivity (Wildman–Crippen MR) is 76.5 cm³/mol. The molecule has 5 heteroatoms. The van der Waals surface area contributed by atoms with E-state index >= 15 is 0 Å². The van der Waals surface area contributed by atoms with Gasteiger partial charge in [0.25, 0.3) is 0 Å². The van der Waals surface area contributed by atoms with Crippen LogP contribution in [0.2, 0.25) is 0 Å². The SMILES string of the molecule is COC(=O)c1sc(C#CC(C)(C)C)cc1NCC=O. The molecule has 0 amide bonds. The fourth-order valence-electron chi connectivity index (χ4n) is 1.23. The van der Waals surface area contributed by atoms with E-state index in [1.54, 1.807) is 6.07 Å². The molecule has 0 saturated carbocycles. The van der Waals surface area contributed by atoms with Crippen LogP contribution >= 0.6 is 11.3 Å². The van der Waals surface area contributed by atoms with E-state index in [1.807, 2.05) is 20.8 Å². The Morgan fingerprint density at radius 2 is 2.21 bits per heavy atom. The van der Waals surface area contributed by atoms with Gasteiger partial charge in [-0.15, -0.1) is 11.3 Å². The molecule has 1 heterocycles. The lowest BCUT2D eigenvalue weighted by atomic mass is 9.98. The number of hydrogen-bond donors (Lipinski definition) is 1. The third-order valence-corrected chi connectivity index (χ3v) is 3.07. The molecule has 0 aromatic carbocycles. The van der Waals surface area contributed by atoms with Crippen LogP contribution in [0.15, 0.2) is 6.07 Å². The second kappa shape index (κ2) is 6.39. The molecule has 0 bridgehead atoms. The van der Waals surface area contributed by atoms with Crippen molar-refractivity contribution in [2.24, 2.45) is 5.41 Å². The summed E-state index contributed by atoms with van der Waals surface area (Å²) in [6.45, 7) is 6.19. The minimum Gasteiger partial charge on any atom is -0.465 e. The Hall–Kier alpha value is -1.80. The third kappa shape index (κ3) is 4.76. The van der Waals surface area contributed by atoms with Gasteiger partial charge in [0.1, 0.15) is 11.2 Å². The lowest BCUT2D eigenvalue weighted by molar-refractivity contribution is -0.106. The quantitative estimate of drug-likeness (QED) is 0.523. The maximum Gasteiger partial charge on any atom is 0.350 e. The van der Waals surface area contributed by atoms with Gasteiger partial charge in [0.2, 0.25) is 0 Å². The first-order valence-electron chi connectivity index (χ1n) is 5.80. The monoisotopic (exact) mass is 279 g/mol. The smallest absolute Gasteiger partial charge is 0.350 e. The Kier molecular flexibility index (Phi) is 5.13. The summed E-state index contributed by atoms with van der Waals surface area (Å²) < 4.78 is 4.71. The highest BCUT2D eigenvalue weighted by molar-refractivity contribution is 7.15. The molecule has 0 aliphatic carbocycles. The Balaban J connectivity index is 3.08. The molecule has 1 rings (SSSR count). The molecule has 0 fully saturated rings. The summed E-state index contributed by atoms with van der Waals surface area (Å²) in [6.07, 6.45) is 0.735. The summed E-state index contributed by atoms with van der Waals surface area (Å²) in [4.78, 5) is 23.2. The van der Waals surface area contributed by atoms with Gasteiger partial charge in [-0.05, 0) is 26.8 Å². The first-order chi connectivity index (χ1) is 8.87. The molecular formula is C14H17NO3S. The second-order valence-corrected chi connectivity index (χ2v) is 5.94. The molecule has 1 aromatic rings. The standard InChI is InChI=1S/C14H17NO3S/c1-14(2,3)6-5-10-9-11(15-7-8-16)12(19-10)13(17)18-4/h8-9,15H,7H2,1-4H3. The Morgan fingerprint density at radius 3 is 2.74 bits per heavy atom. The van der Waals surface area contributed by atoms with Gasteiger partial charge in [-0.2, -0.15) is 0 Å². The number of esters is 1. The molecule has 0 radical (unpaired) electrons. The summed E-state index contributed by atoms with van der Waals surface area (Å²) in [5.74, 6) is 5.71. The number of carbonyl (C=O) groups excluding carboxylic acids is 2. The van der Waals surface area contributed by atoms with E-state index in [4.69, 9.17) is 4.74 Å². The van der Waals surface area contributed by atoms with Crippen LogP contribution in [0.1, 0.15) is 35.3 Å². The van der Waals surface area contributed by atoms with Crippen LogP contribution in [0.4, 0.5) is 5.69 Å². The Morgan fingerprint density at radius 1 is 1.53 bits per heavy atom. The van der Waals surface area contributed by atoms with Gasteiger partial charge >= 0.3 is 5.97 Å². The molecule has 1 aromatic heterocycles. The molecule has 0 unspecified atom stereocenters. The van der Waals surface area contributed by atoms with Crippen molar-refractivity contribution >= 4 is 29.3 Å². The fourth-order valence-corrected chi connectivity index (χ4v) is 2.14. The highest BCUT2D eigenvalue weighted by Crippen LogP contribution is 2.27. The summed E-state index contributed by atoms with van der Waals surface area (Å²) >= 11 is 1.26. The minimum absolute atomic E-state index is 0.105. The number of anilines is 1.